The van der Waals surface area contributed by atoms with Crippen LogP contribution in [-0.4, -0.2) is 21.7 Å². The van der Waals surface area contributed by atoms with Gasteiger partial charge in [0.2, 0.25) is 0 Å². The fraction of sp³-hybridized carbons (Fsp3) is 0.200. The van der Waals surface area contributed by atoms with Gasteiger partial charge in [0.25, 0.3) is 0 Å². The molecule has 0 spiro atoms. The number of phenols is 1. The summed E-state index contributed by atoms with van der Waals surface area (Å²) in [5, 5.41) is 28.1. The molecule has 0 atom stereocenters. The van der Waals surface area contributed by atoms with Gasteiger partial charge in [-0.2, -0.15) is 0 Å². The first-order chi connectivity index (χ1) is 7.56. The Labute approximate surface area is 90.6 Å². The van der Waals surface area contributed by atoms with E-state index in [0.717, 1.165) is 6.07 Å². The molecule has 0 heterocycles. The molecule has 6 heteroatoms. The van der Waals surface area contributed by atoms with Crippen LogP contribution >= 0.6 is 0 Å². The van der Waals surface area contributed by atoms with Gasteiger partial charge in [0.15, 0.2) is 5.75 Å². The van der Waals surface area contributed by atoms with Crippen LogP contribution in [0.25, 0.3) is 6.08 Å². The molecule has 0 saturated heterocycles. The molecule has 0 bridgehead atoms. The largest absolute Gasteiger partial charge is 0.502 e. The molecule has 16 heavy (non-hydrogen) atoms. The highest BCUT2D eigenvalue weighted by Gasteiger charge is 2.16. The van der Waals surface area contributed by atoms with Crippen molar-refractivity contribution in [1.82, 2.24) is 0 Å². The second-order valence-corrected chi connectivity index (χ2v) is 3.03. The highest BCUT2D eigenvalue weighted by atomic mass is 19.1. The first-order valence-corrected chi connectivity index (χ1v) is 4.50. The summed E-state index contributed by atoms with van der Waals surface area (Å²) in [6, 6.07) is 1.63. The molecule has 0 unspecified atom stereocenters. The Balaban J connectivity index is 3.09. The van der Waals surface area contributed by atoms with Crippen LogP contribution in [0.15, 0.2) is 18.2 Å². The van der Waals surface area contributed by atoms with Gasteiger partial charge in [-0.1, -0.05) is 12.2 Å². The van der Waals surface area contributed by atoms with Gasteiger partial charge in [0.1, 0.15) is 5.82 Å². The lowest BCUT2D eigenvalue weighted by Gasteiger charge is -2.00. The second-order valence-electron chi connectivity index (χ2n) is 3.03. The Kier molecular flexibility index (Phi) is 3.96. The molecule has 2 N–H and O–H groups in total. The van der Waals surface area contributed by atoms with E-state index in [2.05, 4.69) is 0 Å². The lowest BCUT2D eigenvalue weighted by Crippen LogP contribution is -1.92. The molecule has 0 saturated carbocycles. The summed E-state index contributed by atoms with van der Waals surface area (Å²) in [6.45, 7) is -0.0850. The summed E-state index contributed by atoms with van der Waals surface area (Å²) in [6.07, 6.45) is 3.13. The fourth-order valence-electron chi connectivity index (χ4n) is 1.13. The monoisotopic (exact) mass is 227 g/mol. The highest BCUT2D eigenvalue weighted by Crippen LogP contribution is 2.29. The number of halogens is 1. The van der Waals surface area contributed by atoms with Gasteiger partial charge in [-0.15, -0.1) is 0 Å². The summed E-state index contributed by atoms with van der Waals surface area (Å²) >= 11 is 0. The van der Waals surface area contributed by atoms with Crippen LogP contribution in [0.4, 0.5) is 10.1 Å². The number of aliphatic hydroxyl groups excluding tert-OH is 1. The number of phenolic OH excluding ortho intramolecular Hbond substituents is 1. The summed E-state index contributed by atoms with van der Waals surface area (Å²) in [7, 11) is 0. The normalized spacial score (nSPS) is 10.9. The van der Waals surface area contributed by atoms with Crippen molar-refractivity contribution < 1.29 is 19.5 Å². The van der Waals surface area contributed by atoms with Crippen LogP contribution in [0.2, 0.25) is 0 Å². The lowest BCUT2D eigenvalue weighted by atomic mass is 10.1. The van der Waals surface area contributed by atoms with Crippen LogP contribution in [0.3, 0.4) is 0 Å². The van der Waals surface area contributed by atoms with E-state index in [-0.39, 0.29) is 12.2 Å². The number of nitro groups is 1. The minimum absolute atomic E-state index is 0.00190. The van der Waals surface area contributed by atoms with Gasteiger partial charge in [0.05, 0.1) is 4.92 Å². The van der Waals surface area contributed by atoms with E-state index in [1.165, 1.54) is 12.2 Å². The zero-order valence-electron chi connectivity index (χ0n) is 8.26. The number of aliphatic hydroxyl groups is 1. The first-order valence-electron chi connectivity index (χ1n) is 4.50. The van der Waals surface area contributed by atoms with E-state index in [1.807, 2.05) is 0 Å². The van der Waals surface area contributed by atoms with Crippen molar-refractivity contribution in [3.63, 3.8) is 0 Å². The van der Waals surface area contributed by atoms with E-state index in [4.69, 9.17) is 10.2 Å². The van der Waals surface area contributed by atoms with Crippen LogP contribution in [-0.2, 0) is 0 Å². The minimum Gasteiger partial charge on any atom is -0.502 e. The molecular formula is C10H10FNO4. The Morgan fingerprint density at radius 2 is 2.19 bits per heavy atom. The summed E-state index contributed by atoms with van der Waals surface area (Å²) in [5.74, 6) is -1.46. The molecule has 1 aromatic rings. The maximum atomic E-state index is 13.2. The fourth-order valence-corrected chi connectivity index (χ4v) is 1.13. The van der Waals surface area contributed by atoms with Crippen molar-refractivity contribution >= 4 is 11.8 Å². The lowest BCUT2D eigenvalue weighted by molar-refractivity contribution is -0.385. The maximum absolute atomic E-state index is 13.2. The quantitative estimate of drug-likeness (QED) is 0.607. The standard InChI is InChI=1S/C10H10FNO4/c11-8-6-10(14)9(12(15)16)5-7(8)3-1-2-4-13/h1,3,5-6,13-14H,2,4H2. The van der Waals surface area contributed by atoms with Gasteiger partial charge in [-0.3, -0.25) is 10.1 Å². The number of hydrogen-bond acceptors (Lipinski definition) is 4. The topological polar surface area (TPSA) is 83.6 Å². The number of nitrogens with zero attached hydrogens (tertiary/aromatic N) is 1. The smallest absolute Gasteiger partial charge is 0.311 e. The van der Waals surface area contributed by atoms with Gasteiger partial charge >= 0.3 is 5.69 Å². The first kappa shape index (κ1) is 12.1. The molecule has 0 aromatic heterocycles. The Hall–Kier alpha value is -1.95. The van der Waals surface area contributed by atoms with E-state index < -0.39 is 22.2 Å². The third-order valence-corrected chi connectivity index (χ3v) is 1.88. The average Bonchev–Trinajstić information content (AvgIpc) is 2.21. The zero-order chi connectivity index (χ0) is 12.1. The molecule has 1 rings (SSSR count). The minimum atomic E-state index is -0.793. The number of benzene rings is 1. The van der Waals surface area contributed by atoms with E-state index in [0.29, 0.717) is 12.5 Å². The van der Waals surface area contributed by atoms with Gasteiger partial charge < -0.3 is 10.2 Å². The molecule has 5 nitrogen and oxygen atoms in total. The molecule has 0 radical (unpaired) electrons. The third kappa shape index (κ3) is 2.77. The van der Waals surface area contributed by atoms with Gasteiger partial charge in [-0.25, -0.2) is 4.39 Å². The molecule has 0 aliphatic carbocycles. The second kappa shape index (κ2) is 5.22. The SMILES string of the molecule is O=[N+]([O-])c1cc(C=CCCO)c(F)cc1O. The van der Waals surface area contributed by atoms with Crippen molar-refractivity contribution in [3.05, 3.63) is 39.7 Å². The molecule has 0 aliphatic heterocycles. The van der Waals surface area contributed by atoms with Crippen molar-refractivity contribution in [1.29, 1.82) is 0 Å². The molecule has 0 aliphatic rings. The third-order valence-electron chi connectivity index (χ3n) is 1.88. The Morgan fingerprint density at radius 1 is 1.50 bits per heavy atom. The van der Waals surface area contributed by atoms with Crippen LogP contribution in [0.1, 0.15) is 12.0 Å². The molecule has 0 amide bonds. The van der Waals surface area contributed by atoms with E-state index in [9.17, 15) is 14.5 Å². The number of hydrogen-bond donors (Lipinski definition) is 2. The highest BCUT2D eigenvalue weighted by molar-refractivity contribution is 5.59. The van der Waals surface area contributed by atoms with Crippen molar-refractivity contribution in [2.24, 2.45) is 0 Å². The van der Waals surface area contributed by atoms with Crippen LogP contribution in [0, 0.1) is 15.9 Å². The summed E-state index contributed by atoms with van der Waals surface area (Å²) in [4.78, 5) is 9.68. The Morgan fingerprint density at radius 3 is 2.75 bits per heavy atom. The summed E-state index contributed by atoms with van der Waals surface area (Å²) in [5.41, 5.74) is -0.553. The summed E-state index contributed by atoms with van der Waals surface area (Å²) < 4.78 is 13.2. The van der Waals surface area contributed by atoms with E-state index in [1.54, 1.807) is 0 Å². The van der Waals surface area contributed by atoms with Gasteiger partial charge in [0, 0.05) is 24.3 Å². The van der Waals surface area contributed by atoms with Crippen molar-refractivity contribution in [2.75, 3.05) is 6.61 Å². The van der Waals surface area contributed by atoms with E-state index >= 15 is 0 Å². The van der Waals surface area contributed by atoms with Crippen LogP contribution in [0.5, 0.6) is 5.75 Å². The van der Waals surface area contributed by atoms with Gasteiger partial charge in [-0.05, 0) is 6.42 Å². The van der Waals surface area contributed by atoms with Crippen LogP contribution < -0.4 is 0 Å². The number of rotatable bonds is 4. The van der Waals surface area contributed by atoms with Crippen molar-refractivity contribution in [3.8, 4) is 5.75 Å². The molecule has 0 fully saturated rings. The number of nitro benzene ring substituents is 1. The van der Waals surface area contributed by atoms with Crippen molar-refractivity contribution in [2.45, 2.75) is 6.42 Å². The Bertz CT molecular complexity index is 431. The zero-order valence-corrected chi connectivity index (χ0v) is 8.26. The molecule has 1 aromatic carbocycles. The maximum Gasteiger partial charge on any atom is 0.311 e. The molecular weight excluding hydrogens is 217 g/mol. The average molecular weight is 227 g/mol. The predicted molar refractivity (Wildman–Crippen MR) is 55.5 cm³/mol. The predicted octanol–water partition coefficient (Wildman–Crippen LogP) is 1.84. The molecule has 86 valence electrons. The number of aromatic hydroxyl groups is 1.